The van der Waals surface area contributed by atoms with Crippen molar-refractivity contribution in [2.24, 2.45) is 0 Å². The van der Waals surface area contributed by atoms with E-state index in [9.17, 15) is 4.79 Å². The smallest absolute Gasteiger partial charge is 0.272 e. The molecule has 0 unspecified atom stereocenters. The molecule has 1 amide bonds. The SMILES string of the molecule is CCc1nc(C(=O)NCCN(C)C)c2ccccn12. The summed E-state index contributed by atoms with van der Waals surface area (Å²) >= 11 is 0. The van der Waals surface area contributed by atoms with Gasteiger partial charge in [0.1, 0.15) is 5.82 Å². The average molecular weight is 260 g/mol. The van der Waals surface area contributed by atoms with Crippen LogP contribution in [0.2, 0.25) is 0 Å². The summed E-state index contributed by atoms with van der Waals surface area (Å²) < 4.78 is 1.97. The van der Waals surface area contributed by atoms with Gasteiger partial charge in [0.05, 0.1) is 5.52 Å². The molecule has 0 atom stereocenters. The first kappa shape index (κ1) is 13.5. The number of amides is 1. The molecule has 2 aromatic rings. The highest BCUT2D eigenvalue weighted by Gasteiger charge is 2.15. The van der Waals surface area contributed by atoms with Crippen LogP contribution in [0.4, 0.5) is 0 Å². The standard InChI is InChI=1S/C14H20N4O/c1-4-12-16-13(11-7-5-6-9-18(11)12)14(19)15-8-10-17(2)3/h5-7,9H,4,8,10H2,1-3H3,(H,15,19). The molecule has 2 heterocycles. The predicted molar refractivity (Wildman–Crippen MR) is 75.5 cm³/mol. The van der Waals surface area contributed by atoms with Crippen LogP contribution in [0, 0.1) is 0 Å². The van der Waals surface area contributed by atoms with Crippen LogP contribution in [0.1, 0.15) is 23.2 Å². The lowest BCUT2D eigenvalue weighted by Crippen LogP contribution is -2.31. The third kappa shape index (κ3) is 2.93. The molecule has 102 valence electrons. The minimum atomic E-state index is -0.106. The van der Waals surface area contributed by atoms with Crippen LogP contribution < -0.4 is 5.32 Å². The molecule has 0 saturated carbocycles. The minimum Gasteiger partial charge on any atom is -0.349 e. The number of hydrogen-bond donors (Lipinski definition) is 1. The third-order valence-electron chi connectivity index (χ3n) is 3.00. The quantitative estimate of drug-likeness (QED) is 0.878. The molecule has 0 spiro atoms. The number of carbonyl (C=O) groups is 1. The summed E-state index contributed by atoms with van der Waals surface area (Å²) in [6.07, 6.45) is 2.74. The van der Waals surface area contributed by atoms with E-state index in [0.29, 0.717) is 12.2 Å². The van der Waals surface area contributed by atoms with Crippen LogP contribution in [0.3, 0.4) is 0 Å². The number of aryl methyl sites for hydroxylation is 1. The lowest BCUT2D eigenvalue weighted by molar-refractivity contribution is 0.0948. The van der Waals surface area contributed by atoms with E-state index in [2.05, 4.69) is 10.3 Å². The number of carbonyl (C=O) groups excluding carboxylic acids is 1. The van der Waals surface area contributed by atoms with Crippen molar-refractivity contribution < 1.29 is 4.79 Å². The molecule has 5 heteroatoms. The Balaban J connectivity index is 2.22. The molecule has 0 fully saturated rings. The fourth-order valence-corrected chi connectivity index (χ4v) is 1.99. The molecule has 2 aromatic heterocycles. The number of likely N-dealkylation sites (N-methyl/N-ethyl adjacent to an activating group) is 1. The van der Waals surface area contributed by atoms with E-state index in [1.54, 1.807) is 0 Å². The largest absolute Gasteiger partial charge is 0.349 e. The maximum Gasteiger partial charge on any atom is 0.272 e. The molecule has 0 saturated heterocycles. The molecule has 0 aliphatic carbocycles. The first-order valence-corrected chi connectivity index (χ1v) is 6.52. The van der Waals surface area contributed by atoms with Gasteiger partial charge < -0.3 is 14.6 Å². The van der Waals surface area contributed by atoms with E-state index in [1.807, 2.05) is 54.7 Å². The van der Waals surface area contributed by atoms with E-state index in [0.717, 1.165) is 24.3 Å². The van der Waals surface area contributed by atoms with Crippen molar-refractivity contribution in [2.75, 3.05) is 27.2 Å². The molecular formula is C14H20N4O. The zero-order valence-electron chi connectivity index (χ0n) is 11.7. The Labute approximate surface area is 113 Å². The summed E-state index contributed by atoms with van der Waals surface area (Å²) in [6, 6.07) is 5.79. The van der Waals surface area contributed by atoms with Crippen molar-refractivity contribution in [3.8, 4) is 0 Å². The summed E-state index contributed by atoms with van der Waals surface area (Å²) in [7, 11) is 3.96. The summed E-state index contributed by atoms with van der Waals surface area (Å²) in [6.45, 7) is 3.48. The summed E-state index contributed by atoms with van der Waals surface area (Å²) in [5.74, 6) is 0.804. The normalized spacial score (nSPS) is 11.2. The van der Waals surface area contributed by atoms with Crippen molar-refractivity contribution in [1.29, 1.82) is 0 Å². The maximum atomic E-state index is 12.2. The van der Waals surface area contributed by atoms with Gasteiger partial charge in [-0.25, -0.2) is 4.98 Å². The van der Waals surface area contributed by atoms with Crippen molar-refractivity contribution in [1.82, 2.24) is 19.6 Å². The molecule has 19 heavy (non-hydrogen) atoms. The zero-order chi connectivity index (χ0) is 13.8. The molecule has 0 aliphatic rings. The molecule has 0 aromatic carbocycles. The van der Waals surface area contributed by atoms with Crippen LogP contribution in [0.15, 0.2) is 24.4 Å². The van der Waals surface area contributed by atoms with Gasteiger partial charge >= 0.3 is 0 Å². The van der Waals surface area contributed by atoms with E-state index >= 15 is 0 Å². The van der Waals surface area contributed by atoms with Crippen molar-refractivity contribution in [3.05, 3.63) is 35.9 Å². The van der Waals surface area contributed by atoms with Crippen LogP contribution >= 0.6 is 0 Å². The number of rotatable bonds is 5. The van der Waals surface area contributed by atoms with Gasteiger partial charge in [-0.15, -0.1) is 0 Å². The first-order valence-electron chi connectivity index (χ1n) is 6.52. The molecule has 0 aliphatic heterocycles. The van der Waals surface area contributed by atoms with Gasteiger partial charge in [-0.05, 0) is 26.2 Å². The monoisotopic (exact) mass is 260 g/mol. The first-order chi connectivity index (χ1) is 9.13. The second-order valence-corrected chi connectivity index (χ2v) is 4.75. The van der Waals surface area contributed by atoms with Gasteiger partial charge in [0.15, 0.2) is 5.69 Å². The number of nitrogens with one attached hydrogen (secondary N) is 1. The van der Waals surface area contributed by atoms with Gasteiger partial charge in [-0.1, -0.05) is 13.0 Å². The van der Waals surface area contributed by atoms with Crippen LogP contribution in [-0.2, 0) is 6.42 Å². The topological polar surface area (TPSA) is 49.6 Å². The highest BCUT2D eigenvalue weighted by Crippen LogP contribution is 2.13. The Hall–Kier alpha value is -1.88. The fourth-order valence-electron chi connectivity index (χ4n) is 1.99. The highest BCUT2D eigenvalue weighted by molar-refractivity contribution is 5.99. The Morgan fingerprint density at radius 1 is 1.42 bits per heavy atom. The third-order valence-corrected chi connectivity index (χ3v) is 3.00. The number of fused-ring (bicyclic) bond motifs is 1. The number of imidazole rings is 1. The van der Waals surface area contributed by atoms with Gasteiger partial charge in [-0.2, -0.15) is 0 Å². The van der Waals surface area contributed by atoms with Gasteiger partial charge in [0.25, 0.3) is 5.91 Å². The summed E-state index contributed by atoms with van der Waals surface area (Å²) in [5.41, 5.74) is 1.37. The molecule has 2 rings (SSSR count). The van der Waals surface area contributed by atoms with E-state index in [1.165, 1.54) is 0 Å². The van der Waals surface area contributed by atoms with E-state index < -0.39 is 0 Å². The van der Waals surface area contributed by atoms with E-state index in [4.69, 9.17) is 0 Å². The molecular weight excluding hydrogens is 240 g/mol. The second kappa shape index (κ2) is 5.84. The van der Waals surface area contributed by atoms with Crippen LogP contribution in [0.25, 0.3) is 5.52 Å². The lowest BCUT2D eigenvalue weighted by Gasteiger charge is -2.09. The maximum absolute atomic E-state index is 12.2. The van der Waals surface area contributed by atoms with E-state index in [-0.39, 0.29) is 5.91 Å². The summed E-state index contributed by atoms with van der Waals surface area (Å²) in [4.78, 5) is 18.6. The Morgan fingerprint density at radius 2 is 2.21 bits per heavy atom. The number of aromatic nitrogens is 2. The Morgan fingerprint density at radius 3 is 2.89 bits per heavy atom. The number of pyridine rings is 1. The molecule has 1 N–H and O–H groups in total. The van der Waals surface area contributed by atoms with Crippen molar-refractivity contribution in [2.45, 2.75) is 13.3 Å². The fraction of sp³-hybridized carbons (Fsp3) is 0.429. The van der Waals surface area contributed by atoms with Crippen molar-refractivity contribution in [3.63, 3.8) is 0 Å². The second-order valence-electron chi connectivity index (χ2n) is 4.75. The summed E-state index contributed by atoms with van der Waals surface area (Å²) in [5, 5.41) is 2.90. The minimum absolute atomic E-state index is 0.106. The average Bonchev–Trinajstić information content (AvgIpc) is 2.77. The molecule has 5 nitrogen and oxygen atoms in total. The number of hydrogen-bond acceptors (Lipinski definition) is 3. The van der Waals surface area contributed by atoms with Crippen molar-refractivity contribution >= 4 is 11.4 Å². The predicted octanol–water partition coefficient (Wildman–Crippen LogP) is 1.19. The van der Waals surface area contributed by atoms with Gasteiger partial charge in [-0.3, -0.25) is 4.79 Å². The van der Waals surface area contributed by atoms with Crippen LogP contribution in [-0.4, -0.2) is 47.4 Å². The van der Waals surface area contributed by atoms with Crippen LogP contribution in [0.5, 0.6) is 0 Å². The lowest BCUT2D eigenvalue weighted by atomic mass is 10.3. The molecule has 0 bridgehead atoms. The Kier molecular flexibility index (Phi) is 4.16. The number of nitrogens with zero attached hydrogens (tertiary/aromatic N) is 3. The zero-order valence-corrected chi connectivity index (χ0v) is 11.7. The Bertz CT molecular complexity index is 574. The van der Waals surface area contributed by atoms with Gasteiger partial charge in [0.2, 0.25) is 0 Å². The highest BCUT2D eigenvalue weighted by atomic mass is 16.1. The molecule has 0 radical (unpaired) electrons. The van der Waals surface area contributed by atoms with Gasteiger partial charge in [0, 0.05) is 25.7 Å².